The molecule has 2 aromatic carbocycles. The summed E-state index contributed by atoms with van der Waals surface area (Å²) in [7, 11) is 2.15. The minimum absolute atomic E-state index is 0.195. The molecule has 1 fully saturated rings. The summed E-state index contributed by atoms with van der Waals surface area (Å²) >= 11 is 0. The normalized spacial score (nSPS) is 16.2. The Morgan fingerprint density at radius 3 is 2.72 bits per heavy atom. The summed E-state index contributed by atoms with van der Waals surface area (Å²) in [6.07, 6.45) is 0.408. The van der Waals surface area contributed by atoms with Crippen molar-refractivity contribution >= 4 is 28.2 Å². The van der Waals surface area contributed by atoms with Crippen molar-refractivity contribution in [1.82, 2.24) is 15.1 Å². The van der Waals surface area contributed by atoms with Gasteiger partial charge < -0.3 is 20.9 Å². The smallest absolute Gasteiger partial charge is 0.241 e. The number of nitrogens with zero attached hydrogens (tertiary/aromatic N) is 3. The van der Waals surface area contributed by atoms with Crippen molar-refractivity contribution in [2.45, 2.75) is 19.4 Å². The van der Waals surface area contributed by atoms with Gasteiger partial charge in [-0.2, -0.15) is 5.10 Å². The van der Waals surface area contributed by atoms with Gasteiger partial charge in [-0.05, 0) is 43.8 Å². The van der Waals surface area contributed by atoms with E-state index in [9.17, 15) is 4.79 Å². The molecule has 0 aliphatic carbocycles. The first kappa shape index (κ1) is 19.4. The number of aromatic nitrogens is 2. The number of carbonyl (C=O) groups excluding carboxylic acids is 1. The highest BCUT2D eigenvalue weighted by Gasteiger charge is 2.19. The molecule has 1 aliphatic heterocycles. The molecule has 4 N–H and O–H groups in total. The van der Waals surface area contributed by atoms with Crippen LogP contribution in [0, 0.1) is 6.92 Å². The van der Waals surface area contributed by atoms with Gasteiger partial charge in [0.25, 0.3) is 0 Å². The Labute approximate surface area is 170 Å². The van der Waals surface area contributed by atoms with E-state index in [2.05, 4.69) is 44.5 Å². The highest BCUT2D eigenvalue weighted by atomic mass is 16.2. The van der Waals surface area contributed by atoms with Crippen LogP contribution in [0.4, 0.5) is 11.4 Å². The minimum atomic E-state index is -0.657. The maximum atomic E-state index is 12.7. The molecule has 2 heterocycles. The van der Waals surface area contributed by atoms with E-state index in [0.717, 1.165) is 54.0 Å². The van der Waals surface area contributed by atoms with Gasteiger partial charge in [0.1, 0.15) is 0 Å². The summed E-state index contributed by atoms with van der Waals surface area (Å²) in [4.78, 5) is 17.4. The number of amides is 1. The van der Waals surface area contributed by atoms with Crippen LogP contribution in [0.3, 0.4) is 0 Å². The molecule has 1 aromatic heterocycles. The maximum Gasteiger partial charge on any atom is 0.241 e. The third-order valence-electron chi connectivity index (χ3n) is 5.64. The summed E-state index contributed by atoms with van der Waals surface area (Å²) in [5, 5.41) is 11.3. The molecule has 1 amide bonds. The fourth-order valence-electron chi connectivity index (χ4n) is 3.76. The average molecular weight is 393 g/mol. The second kappa shape index (κ2) is 8.23. The lowest BCUT2D eigenvalue weighted by Crippen LogP contribution is -2.44. The van der Waals surface area contributed by atoms with Gasteiger partial charge in [-0.3, -0.25) is 9.89 Å². The van der Waals surface area contributed by atoms with Crippen molar-refractivity contribution in [3.8, 4) is 0 Å². The summed E-state index contributed by atoms with van der Waals surface area (Å²) in [5.74, 6) is -0.195. The highest BCUT2D eigenvalue weighted by molar-refractivity contribution is 5.96. The second-order valence-electron chi connectivity index (χ2n) is 7.81. The Morgan fingerprint density at radius 1 is 1.21 bits per heavy atom. The third-order valence-corrected chi connectivity index (χ3v) is 5.64. The monoisotopic (exact) mass is 392 g/mol. The van der Waals surface area contributed by atoms with Gasteiger partial charge in [0.15, 0.2) is 0 Å². The fraction of sp³-hybridized carbons (Fsp3) is 0.364. The number of para-hydroxylation sites is 1. The first-order valence-electron chi connectivity index (χ1n) is 10.0. The zero-order valence-electron chi connectivity index (χ0n) is 17.0. The predicted octanol–water partition coefficient (Wildman–Crippen LogP) is 2.13. The maximum absolute atomic E-state index is 12.7. The molecule has 3 aromatic rings. The van der Waals surface area contributed by atoms with Crippen LogP contribution in [0.25, 0.3) is 10.9 Å². The van der Waals surface area contributed by atoms with Crippen LogP contribution in [0.5, 0.6) is 0 Å². The molecular formula is C22H28N6O. The van der Waals surface area contributed by atoms with Gasteiger partial charge in [-0.15, -0.1) is 0 Å². The zero-order valence-corrected chi connectivity index (χ0v) is 17.0. The van der Waals surface area contributed by atoms with Crippen molar-refractivity contribution in [1.29, 1.82) is 0 Å². The molecule has 1 saturated heterocycles. The fourth-order valence-corrected chi connectivity index (χ4v) is 3.76. The number of anilines is 2. The molecule has 7 nitrogen and oxygen atoms in total. The van der Waals surface area contributed by atoms with Gasteiger partial charge in [-0.1, -0.05) is 18.2 Å². The number of rotatable bonds is 5. The van der Waals surface area contributed by atoms with Crippen LogP contribution in [0.2, 0.25) is 0 Å². The van der Waals surface area contributed by atoms with E-state index in [1.807, 2.05) is 37.3 Å². The molecule has 152 valence electrons. The molecule has 0 radical (unpaired) electrons. The van der Waals surface area contributed by atoms with Gasteiger partial charge >= 0.3 is 0 Å². The molecular weight excluding hydrogens is 364 g/mol. The van der Waals surface area contributed by atoms with Crippen molar-refractivity contribution in [3.63, 3.8) is 0 Å². The molecule has 1 unspecified atom stereocenters. The Hall–Kier alpha value is -2.90. The number of nitrogens with one attached hydrogen (secondary N) is 2. The molecule has 1 aliphatic rings. The second-order valence-corrected chi connectivity index (χ2v) is 7.81. The van der Waals surface area contributed by atoms with Crippen LogP contribution >= 0.6 is 0 Å². The molecule has 29 heavy (non-hydrogen) atoms. The molecule has 0 saturated carbocycles. The number of aryl methyl sites for hydroxylation is 1. The van der Waals surface area contributed by atoms with Crippen molar-refractivity contribution in [2.24, 2.45) is 5.73 Å². The van der Waals surface area contributed by atoms with E-state index in [-0.39, 0.29) is 5.91 Å². The molecule has 7 heteroatoms. The quantitative estimate of drug-likeness (QED) is 0.619. The van der Waals surface area contributed by atoms with Crippen LogP contribution in [-0.4, -0.2) is 60.3 Å². The Morgan fingerprint density at radius 2 is 1.97 bits per heavy atom. The van der Waals surface area contributed by atoms with Crippen LogP contribution in [0.15, 0.2) is 42.5 Å². The first-order valence-corrected chi connectivity index (χ1v) is 10.0. The lowest BCUT2D eigenvalue weighted by atomic mass is 10.1. The van der Waals surface area contributed by atoms with E-state index in [0.29, 0.717) is 6.42 Å². The minimum Gasteiger partial charge on any atom is -0.369 e. The molecule has 0 spiro atoms. The largest absolute Gasteiger partial charge is 0.369 e. The summed E-state index contributed by atoms with van der Waals surface area (Å²) in [6, 6.07) is 13.3. The van der Waals surface area contributed by atoms with E-state index in [4.69, 9.17) is 5.73 Å². The van der Waals surface area contributed by atoms with Crippen molar-refractivity contribution in [3.05, 3.63) is 53.7 Å². The summed E-state index contributed by atoms with van der Waals surface area (Å²) < 4.78 is 0. The van der Waals surface area contributed by atoms with Gasteiger partial charge in [-0.25, -0.2) is 0 Å². The van der Waals surface area contributed by atoms with E-state index in [1.54, 1.807) is 0 Å². The number of hydrogen-bond acceptors (Lipinski definition) is 5. The van der Waals surface area contributed by atoms with Gasteiger partial charge in [0.05, 0.1) is 11.6 Å². The lowest BCUT2D eigenvalue weighted by molar-refractivity contribution is -0.117. The van der Waals surface area contributed by atoms with Crippen LogP contribution in [0.1, 0.15) is 11.3 Å². The number of aromatic amines is 1. The Kier molecular flexibility index (Phi) is 5.51. The first-order chi connectivity index (χ1) is 14.0. The summed E-state index contributed by atoms with van der Waals surface area (Å²) in [6.45, 7) is 6.18. The Balaban J connectivity index is 1.41. The number of nitrogens with two attached hydrogens (primary N) is 1. The van der Waals surface area contributed by atoms with Crippen LogP contribution in [-0.2, 0) is 11.2 Å². The lowest BCUT2D eigenvalue weighted by Gasteiger charge is -2.34. The number of likely N-dealkylation sites (N-methyl/N-ethyl adjacent to an activating group) is 1. The van der Waals surface area contributed by atoms with Crippen molar-refractivity contribution < 1.29 is 4.79 Å². The molecule has 1 atom stereocenters. The number of carbonyl (C=O) groups is 1. The number of fused-ring (bicyclic) bond motifs is 1. The highest BCUT2D eigenvalue weighted by Crippen LogP contribution is 2.24. The number of H-pyrrole nitrogens is 1. The topological polar surface area (TPSA) is 90.3 Å². The van der Waals surface area contributed by atoms with Crippen molar-refractivity contribution in [2.75, 3.05) is 43.4 Å². The number of benzene rings is 2. The van der Waals surface area contributed by atoms with E-state index >= 15 is 0 Å². The van der Waals surface area contributed by atoms with E-state index in [1.165, 1.54) is 5.69 Å². The van der Waals surface area contributed by atoms with Gasteiger partial charge in [0, 0.05) is 55.1 Å². The Bertz CT molecular complexity index is 1010. The average Bonchev–Trinajstić information content (AvgIpc) is 3.13. The predicted molar refractivity (Wildman–Crippen MR) is 117 cm³/mol. The standard InChI is InChI=1S/C22H28N6O/c1-15-13-16(28-11-9-27(2)10-12-28)7-8-19(15)24-22(29)18(23)14-21-17-5-3-4-6-20(17)25-26-21/h3-8,13,18H,9-12,14,23H2,1-2H3,(H,24,29)(H,25,26). The SMILES string of the molecule is Cc1cc(N2CCN(C)CC2)ccc1NC(=O)C(N)Cc1[nH]nc2ccccc12. The number of hydrogen-bond donors (Lipinski definition) is 3. The molecule has 4 rings (SSSR count). The van der Waals surface area contributed by atoms with Gasteiger partial charge in [0.2, 0.25) is 5.91 Å². The molecule has 0 bridgehead atoms. The zero-order chi connectivity index (χ0) is 20.4. The van der Waals surface area contributed by atoms with Crippen LogP contribution < -0.4 is 16.0 Å². The number of piperazine rings is 1. The summed E-state index contributed by atoms with van der Waals surface area (Å²) in [5.41, 5.74) is 11.0. The third kappa shape index (κ3) is 4.26. The van der Waals surface area contributed by atoms with E-state index < -0.39 is 6.04 Å².